The first kappa shape index (κ1) is 27.1. The van der Waals surface area contributed by atoms with E-state index in [2.05, 4.69) is 4.74 Å². The summed E-state index contributed by atoms with van der Waals surface area (Å²) in [5.41, 5.74) is -0.506. The van der Waals surface area contributed by atoms with Crippen molar-refractivity contribution in [2.24, 2.45) is 0 Å². The largest absolute Gasteiger partial charge is 0.432 e. The third-order valence-corrected chi connectivity index (χ3v) is 8.30. The highest BCUT2D eigenvalue weighted by Crippen LogP contribution is 2.34. The maximum absolute atomic E-state index is 14.5. The van der Waals surface area contributed by atoms with E-state index < -0.39 is 60.4 Å². The molecule has 1 aromatic heterocycles. The van der Waals surface area contributed by atoms with Crippen molar-refractivity contribution in [1.29, 1.82) is 0 Å². The molecule has 14 heteroatoms. The quantitative estimate of drug-likeness (QED) is 0.281. The predicted molar refractivity (Wildman–Crippen MR) is 127 cm³/mol. The van der Waals surface area contributed by atoms with Gasteiger partial charge in [0.25, 0.3) is 20.0 Å². The van der Waals surface area contributed by atoms with Gasteiger partial charge in [-0.3, -0.25) is 4.72 Å². The summed E-state index contributed by atoms with van der Waals surface area (Å²) in [6.07, 6.45) is 1.66. The molecule has 1 heterocycles. The lowest BCUT2D eigenvalue weighted by molar-refractivity contribution is -0.0523. The van der Waals surface area contributed by atoms with E-state index in [9.17, 15) is 38.8 Å². The fourth-order valence-corrected chi connectivity index (χ4v) is 6.01. The van der Waals surface area contributed by atoms with Gasteiger partial charge in [-0.1, -0.05) is 29.8 Å². The van der Waals surface area contributed by atoms with Crippen LogP contribution in [0.25, 0.3) is 11.1 Å². The van der Waals surface area contributed by atoms with Gasteiger partial charge in [-0.15, -0.1) is 0 Å². The van der Waals surface area contributed by atoms with Crippen molar-refractivity contribution < 1.29 is 43.5 Å². The average molecular weight is 573 g/mol. The number of halogens is 5. The molecule has 4 rings (SSSR count). The number of benzene rings is 3. The zero-order valence-corrected chi connectivity index (χ0v) is 20.8. The summed E-state index contributed by atoms with van der Waals surface area (Å²) in [5.74, 6) is -4.86. The van der Waals surface area contributed by atoms with E-state index >= 15 is 0 Å². The molecular formula is C24H17F5N2O5S2. The van der Waals surface area contributed by atoms with Gasteiger partial charge >= 0.3 is 6.61 Å². The third kappa shape index (κ3) is 5.50. The Bertz CT molecular complexity index is 1720. The Morgan fingerprint density at radius 1 is 0.868 bits per heavy atom. The van der Waals surface area contributed by atoms with E-state index in [0.717, 1.165) is 30.1 Å². The molecule has 0 fully saturated rings. The van der Waals surface area contributed by atoms with Crippen molar-refractivity contribution in [2.45, 2.75) is 23.3 Å². The first-order chi connectivity index (χ1) is 17.8. The Hall–Kier alpha value is -3.91. The Labute approximate surface area is 214 Å². The molecule has 0 saturated carbocycles. The molecule has 200 valence electrons. The first-order valence-electron chi connectivity index (χ1n) is 10.5. The van der Waals surface area contributed by atoms with Crippen LogP contribution in [0.1, 0.15) is 5.56 Å². The Morgan fingerprint density at radius 3 is 2.18 bits per heavy atom. The summed E-state index contributed by atoms with van der Waals surface area (Å²) in [6, 6.07) is 10.8. The smallest absolute Gasteiger partial charge is 0.387 e. The molecular weight excluding hydrogens is 555 g/mol. The SMILES string of the molecule is Cc1ccc(S(=O)(=O)n2cc(-c3cccc(F)c3)c(S(=O)(=O)Nc3cc(F)c(OC(F)F)cc3F)c2)cc1. The number of ether oxygens (including phenoxy) is 1. The minimum absolute atomic E-state index is 0.0319. The number of alkyl halides is 2. The molecule has 3 aromatic carbocycles. The van der Waals surface area contributed by atoms with Crippen LogP contribution in [-0.4, -0.2) is 27.4 Å². The summed E-state index contributed by atoms with van der Waals surface area (Å²) in [6.45, 7) is -1.73. The molecule has 7 nitrogen and oxygen atoms in total. The zero-order chi connectivity index (χ0) is 27.8. The second-order valence-electron chi connectivity index (χ2n) is 7.94. The topological polar surface area (TPSA) is 94.5 Å². The number of sulfonamides is 1. The van der Waals surface area contributed by atoms with Gasteiger partial charge in [-0.05, 0) is 36.8 Å². The zero-order valence-electron chi connectivity index (χ0n) is 19.2. The minimum Gasteiger partial charge on any atom is -0.432 e. The van der Waals surface area contributed by atoms with Gasteiger partial charge in [0.2, 0.25) is 0 Å². The number of nitrogens with zero attached hydrogens (tertiary/aromatic N) is 1. The van der Waals surface area contributed by atoms with Gasteiger partial charge in [-0.25, -0.2) is 34.0 Å². The van der Waals surface area contributed by atoms with E-state index in [1.54, 1.807) is 11.6 Å². The van der Waals surface area contributed by atoms with Crippen molar-refractivity contribution in [1.82, 2.24) is 3.97 Å². The molecule has 0 spiro atoms. The van der Waals surface area contributed by atoms with E-state index in [1.807, 2.05) is 0 Å². The van der Waals surface area contributed by atoms with Crippen LogP contribution in [0.15, 0.2) is 82.8 Å². The van der Waals surface area contributed by atoms with Crippen LogP contribution in [-0.2, 0) is 20.0 Å². The molecule has 1 N–H and O–H groups in total. The summed E-state index contributed by atoms with van der Waals surface area (Å²) in [4.78, 5) is -0.893. The molecule has 0 radical (unpaired) electrons. The highest BCUT2D eigenvalue weighted by Gasteiger charge is 2.28. The molecule has 0 aliphatic carbocycles. The van der Waals surface area contributed by atoms with Crippen LogP contribution < -0.4 is 9.46 Å². The fourth-order valence-electron chi connectivity index (χ4n) is 3.46. The first-order valence-corrected chi connectivity index (χ1v) is 13.5. The van der Waals surface area contributed by atoms with Crippen molar-refractivity contribution in [3.63, 3.8) is 0 Å². The Kier molecular flexibility index (Phi) is 7.21. The van der Waals surface area contributed by atoms with Gasteiger partial charge in [0, 0.05) is 30.1 Å². The van der Waals surface area contributed by atoms with Crippen LogP contribution in [0.4, 0.5) is 27.6 Å². The Balaban J connectivity index is 1.84. The molecule has 0 bridgehead atoms. The molecule has 0 aliphatic rings. The third-order valence-electron chi connectivity index (χ3n) is 5.27. The molecule has 0 atom stereocenters. The van der Waals surface area contributed by atoms with E-state index in [1.165, 1.54) is 36.4 Å². The minimum atomic E-state index is -4.86. The monoisotopic (exact) mass is 572 g/mol. The molecule has 0 aliphatic heterocycles. The fraction of sp³-hybridized carbons (Fsp3) is 0.0833. The van der Waals surface area contributed by atoms with E-state index in [-0.39, 0.29) is 28.2 Å². The molecule has 38 heavy (non-hydrogen) atoms. The lowest BCUT2D eigenvalue weighted by Gasteiger charge is -2.12. The van der Waals surface area contributed by atoms with E-state index in [4.69, 9.17) is 0 Å². The molecule has 0 unspecified atom stereocenters. The maximum Gasteiger partial charge on any atom is 0.387 e. The second-order valence-corrected chi connectivity index (χ2v) is 11.4. The van der Waals surface area contributed by atoms with Crippen LogP contribution in [0, 0.1) is 24.4 Å². The maximum atomic E-state index is 14.5. The average Bonchev–Trinajstić information content (AvgIpc) is 3.30. The molecule has 4 aromatic rings. The number of aryl methyl sites for hydroxylation is 1. The summed E-state index contributed by atoms with van der Waals surface area (Å²) < 4.78 is 127. The van der Waals surface area contributed by atoms with Gasteiger partial charge in [0.05, 0.1) is 10.6 Å². The van der Waals surface area contributed by atoms with Gasteiger partial charge in [0.15, 0.2) is 17.4 Å². The highest BCUT2D eigenvalue weighted by atomic mass is 32.2. The summed E-state index contributed by atoms with van der Waals surface area (Å²) in [5, 5.41) is 0. The van der Waals surface area contributed by atoms with Gasteiger partial charge < -0.3 is 4.74 Å². The lowest BCUT2D eigenvalue weighted by Crippen LogP contribution is -2.16. The summed E-state index contributed by atoms with van der Waals surface area (Å²) >= 11 is 0. The molecule has 0 saturated heterocycles. The number of anilines is 1. The number of rotatable bonds is 8. The van der Waals surface area contributed by atoms with Crippen LogP contribution in [0.5, 0.6) is 5.75 Å². The van der Waals surface area contributed by atoms with Gasteiger partial charge in [0.1, 0.15) is 10.7 Å². The van der Waals surface area contributed by atoms with Crippen molar-refractivity contribution in [3.05, 3.63) is 96.1 Å². The van der Waals surface area contributed by atoms with Gasteiger partial charge in [-0.2, -0.15) is 8.78 Å². The highest BCUT2D eigenvalue weighted by molar-refractivity contribution is 7.93. The second kappa shape index (κ2) is 10.1. The van der Waals surface area contributed by atoms with Crippen molar-refractivity contribution in [3.8, 4) is 16.9 Å². The number of nitrogens with one attached hydrogen (secondary N) is 1. The van der Waals surface area contributed by atoms with Crippen molar-refractivity contribution >= 4 is 25.7 Å². The van der Waals surface area contributed by atoms with E-state index in [0.29, 0.717) is 3.97 Å². The van der Waals surface area contributed by atoms with Crippen LogP contribution in [0.3, 0.4) is 0 Å². The Morgan fingerprint density at radius 2 is 1.55 bits per heavy atom. The van der Waals surface area contributed by atoms with Crippen LogP contribution >= 0.6 is 0 Å². The number of hydrogen-bond donors (Lipinski definition) is 1. The lowest BCUT2D eigenvalue weighted by atomic mass is 10.1. The normalized spacial score (nSPS) is 12.1. The van der Waals surface area contributed by atoms with Crippen LogP contribution in [0.2, 0.25) is 0 Å². The van der Waals surface area contributed by atoms with Crippen molar-refractivity contribution in [2.75, 3.05) is 4.72 Å². The number of aromatic nitrogens is 1. The summed E-state index contributed by atoms with van der Waals surface area (Å²) in [7, 11) is -9.19. The molecule has 0 amide bonds. The number of hydrogen-bond acceptors (Lipinski definition) is 5. The predicted octanol–water partition coefficient (Wildman–Crippen LogP) is 5.52. The standard InChI is InChI=1S/C24H17F5N2O5S2/c1-14-5-7-17(8-6-14)38(34,35)31-12-18(15-3-2-4-16(25)9-15)23(13-31)37(32,33)30-21-10-20(27)22(11-19(21)26)36-24(28)29/h2-13,24,30H,1H3.